The van der Waals surface area contributed by atoms with Gasteiger partial charge >= 0.3 is 35.5 Å². The third-order valence-corrected chi connectivity index (χ3v) is 19.2. The molecule has 2 fully saturated rings. The molecular weight excluding hydrogens is 1150 g/mol. The second-order valence-corrected chi connectivity index (χ2v) is 23.3. The Kier molecular flexibility index (Phi) is 16.4. The summed E-state index contributed by atoms with van der Waals surface area (Å²) in [6, 6.07) is 29.9. The molecule has 4 aliphatic rings. The first-order chi connectivity index (χ1) is 37.5. The quantitative estimate of drug-likeness (QED) is 0.0714. The Labute approximate surface area is 501 Å². The second-order valence-electron chi connectivity index (χ2n) is 19.6. The number of hydrogen-bond donors (Lipinski definition) is 0. The summed E-state index contributed by atoms with van der Waals surface area (Å²) >= 11 is 27.6. The van der Waals surface area contributed by atoms with E-state index in [1.165, 1.54) is 57.2 Å². The van der Waals surface area contributed by atoms with E-state index in [0.29, 0.717) is 28.8 Å². The smallest absolute Gasteiger partial charge is 0.545 e. The van der Waals surface area contributed by atoms with E-state index in [1.807, 2.05) is 36.4 Å². The number of aromatic nitrogens is 2. The third-order valence-electron chi connectivity index (χ3n) is 15.3. The first kappa shape index (κ1) is 57.1. The van der Waals surface area contributed by atoms with E-state index in [0.717, 1.165) is 85.1 Å². The number of anilines is 2. The maximum Gasteiger partial charge on any atom is 1.00 e. The Hall–Kier alpha value is -5.14. The number of carboxylic acids is 1. The van der Waals surface area contributed by atoms with Crippen molar-refractivity contribution < 1.29 is 76.1 Å². The SMILES string of the molecule is CCOC(=O)c1cccc(Sc2c(Cl)n(CC(=O)N3CC4(CCC4)c4ccccc43)c3c(F)c(Cl)ccc23)c1F.O=C([O-])c1cccc(Sc2c(Cl)n(CC(=O)N3CC4(CCC4)c4ccccc43)c3c(F)c(Cl)ccc23)c1F.[Na+]. The number of hydrogen-bond acceptors (Lipinski definition) is 8. The summed E-state index contributed by atoms with van der Waals surface area (Å²) in [5, 5.41) is 11.8. The minimum absolute atomic E-state index is 0. The molecule has 6 aromatic carbocycles. The van der Waals surface area contributed by atoms with E-state index in [4.69, 9.17) is 51.1 Å². The number of nitrogens with zero attached hydrogens (tertiary/aromatic N) is 4. The molecule has 0 radical (unpaired) electrons. The Balaban J connectivity index is 0.000000176. The molecule has 21 heteroatoms. The van der Waals surface area contributed by atoms with Crippen LogP contribution in [0.15, 0.2) is 129 Å². The van der Waals surface area contributed by atoms with Crippen LogP contribution in [0.4, 0.5) is 28.9 Å². The number of carbonyl (C=O) groups is 4. The number of para-hydroxylation sites is 2. The van der Waals surface area contributed by atoms with E-state index in [2.05, 4.69) is 12.1 Å². The Morgan fingerprint density at radius 2 is 0.987 bits per heavy atom. The Bertz CT molecular complexity index is 3830. The number of amides is 2. The molecule has 0 N–H and O–H groups in total. The van der Waals surface area contributed by atoms with Crippen LogP contribution in [0, 0.1) is 23.3 Å². The largest absolute Gasteiger partial charge is 1.00 e. The molecule has 79 heavy (non-hydrogen) atoms. The number of benzene rings is 6. The number of halogens is 8. The van der Waals surface area contributed by atoms with Gasteiger partial charge in [0.2, 0.25) is 11.8 Å². The number of carbonyl (C=O) groups excluding carboxylic acids is 4. The summed E-state index contributed by atoms with van der Waals surface area (Å²) in [5.41, 5.74) is 3.20. The molecule has 2 aliphatic heterocycles. The van der Waals surface area contributed by atoms with Gasteiger partial charge in [0.05, 0.1) is 49.0 Å². The summed E-state index contributed by atoms with van der Waals surface area (Å²) < 4.78 is 68.8. The van der Waals surface area contributed by atoms with Crippen LogP contribution in [-0.4, -0.2) is 52.6 Å². The van der Waals surface area contributed by atoms with Crippen LogP contribution in [0.2, 0.25) is 20.4 Å². The van der Waals surface area contributed by atoms with Gasteiger partial charge in [-0.05, 0) is 98.3 Å². The van der Waals surface area contributed by atoms with Crippen molar-refractivity contribution in [2.45, 2.75) is 89.0 Å². The van der Waals surface area contributed by atoms with E-state index in [9.17, 15) is 28.7 Å². The van der Waals surface area contributed by atoms with Crippen molar-refractivity contribution in [3.8, 4) is 0 Å². The third kappa shape index (κ3) is 9.94. The molecule has 12 rings (SSSR count). The number of carboxylic acid groups (broad SMARTS) is 1. The van der Waals surface area contributed by atoms with Crippen molar-refractivity contribution in [3.05, 3.63) is 175 Å². The van der Waals surface area contributed by atoms with Gasteiger partial charge < -0.3 is 33.6 Å². The molecule has 0 saturated heterocycles. The van der Waals surface area contributed by atoms with Crippen molar-refractivity contribution in [1.29, 1.82) is 0 Å². The normalized spacial score (nSPS) is 15.3. The molecule has 2 spiro atoms. The molecule has 8 aromatic rings. The topological polar surface area (TPSA) is 117 Å². The van der Waals surface area contributed by atoms with Gasteiger partial charge in [-0.2, -0.15) is 0 Å². The van der Waals surface area contributed by atoms with E-state index < -0.39 is 40.8 Å². The maximum atomic E-state index is 15.5. The number of ether oxygens (including phenoxy) is 1. The molecular formula is C58H43Cl4F4N4NaO6S2. The summed E-state index contributed by atoms with van der Waals surface area (Å²) in [6.45, 7) is 2.36. The van der Waals surface area contributed by atoms with Gasteiger partial charge in [-0.1, -0.05) is 137 Å². The monoisotopic (exact) mass is 1190 g/mol. The minimum Gasteiger partial charge on any atom is -0.545 e. The fourth-order valence-corrected chi connectivity index (χ4v) is 14.4. The van der Waals surface area contributed by atoms with Crippen LogP contribution in [0.5, 0.6) is 0 Å². The van der Waals surface area contributed by atoms with Crippen molar-refractivity contribution in [3.63, 3.8) is 0 Å². The van der Waals surface area contributed by atoms with Crippen LogP contribution in [0.3, 0.4) is 0 Å². The van der Waals surface area contributed by atoms with Crippen molar-refractivity contribution in [2.24, 2.45) is 0 Å². The molecule has 2 amide bonds. The fourth-order valence-electron chi connectivity index (χ4n) is 11.3. The van der Waals surface area contributed by atoms with Crippen LogP contribution >= 0.6 is 69.9 Å². The molecule has 0 unspecified atom stereocenters. The van der Waals surface area contributed by atoms with Crippen molar-refractivity contribution in [1.82, 2.24) is 9.13 Å². The molecule has 4 heterocycles. The number of aromatic carboxylic acids is 1. The van der Waals surface area contributed by atoms with Crippen molar-refractivity contribution >= 4 is 127 Å². The number of rotatable bonds is 11. The Morgan fingerprint density at radius 3 is 1.39 bits per heavy atom. The summed E-state index contributed by atoms with van der Waals surface area (Å²) in [5.74, 6) is -6.17. The number of esters is 1. The summed E-state index contributed by atoms with van der Waals surface area (Å²) in [7, 11) is 0. The zero-order chi connectivity index (χ0) is 54.9. The average Bonchev–Trinajstić information content (AvgIpc) is 4.22. The van der Waals surface area contributed by atoms with Gasteiger partial charge in [-0.25, -0.2) is 22.4 Å². The first-order valence-corrected chi connectivity index (χ1v) is 28.0. The zero-order valence-corrected chi connectivity index (χ0v) is 48.9. The van der Waals surface area contributed by atoms with Crippen molar-refractivity contribution in [2.75, 3.05) is 29.5 Å². The zero-order valence-electron chi connectivity index (χ0n) is 42.2. The van der Waals surface area contributed by atoms with Crippen LogP contribution < -0.4 is 44.5 Å². The molecule has 400 valence electrons. The summed E-state index contributed by atoms with van der Waals surface area (Å²) in [4.78, 5) is 55.2. The standard InChI is InChI=1S/C30H24Cl2F2N2O3S.C28H20Cl2F2N2O3S.Na/c1-2-39-29(38)17-7-5-10-22(24(17)33)40-27-18-11-12-20(31)25(34)26(18)35(28(27)32)15-23(37)36-16-30(13-6-14-30)19-8-3-4-9-21(19)36;29-18-10-9-16-24(23(18)32)33(26(30)25(16)38-20-8-3-5-15(22(20)31)27(36)37)13-21(35)34-14-28(11-4-12-28)17-6-1-2-7-19(17)34;/h3-5,7-12H,2,6,13-16H2,1H3;1-3,5-10H,4,11-14H2,(H,36,37);/q;;+1/p-1. The van der Waals surface area contributed by atoms with E-state index >= 15 is 13.2 Å². The van der Waals surface area contributed by atoms with Crippen LogP contribution in [0.25, 0.3) is 21.8 Å². The molecule has 0 bridgehead atoms. The maximum absolute atomic E-state index is 15.5. The molecule has 2 saturated carbocycles. The average molecular weight is 1200 g/mol. The molecule has 0 atom stereocenters. The predicted molar refractivity (Wildman–Crippen MR) is 294 cm³/mol. The van der Waals surface area contributed by atoms with Crippen LogP contribution in [-0.2, 0) is 38.2 Å². The Morgan fingerprint density at radius 1 is 0.570 bits per heavy atom. The van der Waals surface area contributed by atoms with Gasteiger partial charge in [0, 0.05) is 61.4 Å². The van der Waals surface area contributed by atoms with Gasteiger partial charge in [0.1, 0.15) is 29.2 Å². The summed E-state index contributed by atoms with van der Waals surface area (Å²) in [6.07, 6.45) is 6.25. The van der Waals surface area contributed by atoms with E-state index in [1.54, 1.807) is 28.9 Å². The predicted octanol–water partition coefficient (Wildman–Crippen LogP) is 11.2. The fraction of sp³-hybridized carbons (Fsp3) is 0.241. The van der Waals surface area contributed by atoms with Gasteiger partial charge in [-0.3, -0.25) is 9.59 Å². The minimum atomic E-state index is -1.66. The van der Waals surface area contributed by atoms with Gasteiger partial charge in [0.25, 0.3) is 0 Å². The molecule has 2 aliphatic carbocycles. The second kappa shape index (κ2) is 22.7. The first-order valence-electron chi connectivity index (χ1n) is 24.9. The van der Waals surface area contributed by atoms with Gasteiger partial charge in [-0.15, -0.1) is 0 Å². The van der Waals surface area contributed by atoms with Gasteiger partial charge in [0.15, 0.2) is 17.5 Å². The number of fused-ring (bicyclic) bond motifs is 6. The van der Waals surface area contributed by atoms with E-state index in [-0.39, 0.29) is 124 Å². The van der Waals surface area contributed by atoms with Crippen LogP contribution in [0.1, 0.15) is 77.3 Å². The molecule has 10 nitrogen and oxygen atoms in total. The molecule has 2 aromatic heterocycles.